The summed E-state index contributed by atoms with van der Waals surface area (Å²) in [6.45, 7) is 3.51. The van der Waals surface area contributed by atoms with Gasteiger partial charge in [-0.2, -0.15) is 0 Å². The number of hydroxylamine groups is 2. The lowest BCUT2D eigenvalue weighted by atomic mass is 10.1. The van der Waals surface area contributed by atoms with Crippen LogP contribution < -0.4 is 0 Å². The van der Waals surface area contributed by atoms with Crippen LogP contribution in [-0.2, 0) is 9.63 Å². The highest BCUT2D eigenvalue weighted by Gasteiger charge is 2.36. The van der Waals surface area contributed by atoms with Crippen LogP contribution in [0.1, 0.15) is 26.2 Å². The summed E-state index contributed by atoms with van der Waals surface area (Å²) in [4.78, 5) is 16.8. The van der Waals surface area contributed by atoms with Crippen LogP contribution in [0, 0.1) is 11.8 Å². The predicted molar refractivity (Wildman–Crippen MR) is 44.2 cm³/mol. The molecule has 1 heterocycles. The first-order valence-electron chi connectivity index (χ1n) is 4.73. The summed E-state index contributed by atoms with van der Waals surface area (Å²) in [5.41, 5.74) is 0. The van der Waals surface area contributed by atoms with Gasteiger partial charge in [-0.25, -0.2) is 5.06 Å². The predicted octanol–water partition coefficient (Wildman–Crippen LogP) is 1.20. The van der Waals surface area contributed by atoms with Crippen molar-refractivity contribution in [3.05, 3.63) is 0 Å². The van der Waals surface area contributed by atoms with Crippen molar-refractivity contribution in [3.63, 3.8) is 0 Å². The Morgan fingerprint density at radius 2 is 2.33 bits per heavy atom. The number of carbonyl (C=O) groups is 1. The molecule has 1 saturated heterocycles. The van der Waals surface area contributed by atoms with Gasteiger partial charge in [0.25, 0.3) is 0 Å². The highest BCUT2D eigenvalue weighted by molar-refractivity contribution is 5.78. The van der Waals surface area contributed by atoms with E-state index in [4.69, 9.17) is 4.84 Å². The third-order valence-electron chi connectivity index (χ3n) is 2.72. The Morgan fingerprint density at radius 3 is 2.83 bits per heavy atom. The molecular formula is C9H15NO2. The maximum absolute atomic E-state index is 11.6. The van der Waals surface area contributed by atoms with E-state index in [2.05, 4.69) is 0 Å². The summed E-state index contributed by atoms with van der Waals surface area (Å²) in [7, 11) is 0. The molecule has 0 radical (unpaired) electrons. The van der Waals surface area contributed by atoms with Crippen LogP contribution in [0.4, 0.5) is 0 Å². The van der Waals surface area contributed by atoms with Gasteiger partial charge in [-0.05, 0) is 25.2 Å². The molecule has 1 aliphatic heterocycles. The van der Waals surface area contributed by atoms with Crippen molar-refractivity contribution in [2.24, 2.45) is 11.8 Å². The number of carbonyl (C=O) groups excluding carboxylic acids is 1. The molecule has 2 aliphatic rings. The van der Waals surface area contributed by atoms with E-state index < -0.39 is 0 Å². The zero-order chi connectivity index (χ0) is 8.55. The normalized spacial score (nSPS) is 25.9. The van der Waals surface area contributed by atoms with E-state index in [9.17, 15) is 4.79 Å². The van der Waals surface area contributed by atoms with E-state index in [0.717, 1.165) is 13.0 Å². The second-order valence-electron chi connectivity index (χ2n) is 3.75. The lowest BCUT2D eigenvalue weighted by Gasteiger charge is -2.18. The Balaban J connectivity index is 1.88. The van der Waals surface area contributed by atoms with Gasteiger partial charge < -0.3 is 0 Å². The molecule has 1 atom stereocenters. The highest BCUT2D eigenvalue weighted by Crippen LogP contribution is 2.37. The zero-order valence-electron chi connectivity index (χ0n) is 7.45. The van der Waals surface area contributed by atoms with Gasteiger partial charge in [0.2, 0.25) is 5.91 Å². The second kappa shape index (κ2) is 3.05. The quantitative estimate of drug-likeness (QED) is 0.621. The Labute approximate surface area is 72.6 Å². The van der Waals surface area contributed by atoms with Crippen LogP contribution in [0.2, 0.25) is 0 Å². The molecule has 1 amide bonds. The average molecular weight is 169 g/mol. The van der Waals surface area contributed by atoms with Crippen molar-refractivity contribution in [1.82, 2.24) is 5.06 Å². The standard InChI is InChI=1S/C9H15NO2/c1-7(8-3-4-8)9(11)10-5-2-6-12-10/h7-8H,2-6H2,1H3. The first-order valence-corrected chi connectivity index (χ1v) is 4.73. The molecule has 0 spiro atoms. The lowest BCUT2D eigenvalue weighted by molar-refractivity contribution is -0.173. The molecule has 12 heavy (non-hydrogen) atoms. The largest absolute Gasteiger partial charge is 0.272 e. The molecule has 0 aromatic heterocycles. The fraction of sp³-hybridized carbons (Fsp3) is 0.889. The molecule has 1 saturated carbocycles. The van der Waals surface area contributed by atoms with Crippen molar-refractivity contribution < 1.29 is 9.63 Å². The van der Waals surface area contributed by atoms with Gasteiger partial charge >= 0.3 is 0 Å². The van der Waals surface area contributed by atoms with E-state index >= 15 is 0 Å². The van der Waals surface area contributed by atoms with Gasteiger partial charge in [0, 0.05) is 5.92 Å². The Hall–Kier alpha value is -0.570. The maximum Gasteiger partial charge on any atom is 0.249 e. The van der Waals surface area contributed by atoms with Gasteiger partial charge in [-0.3, -0.25) is 9.63 Å². The fourth-order valence-electron chi connectivity index (χ4n) is 1.65. The molecular weight excluding hydrogens is 154 g/mol. The molecule has 3 nitrogen and oxygen atoms in total. The molecule has 2 rings (SSSR count). The Morgan fingerprint density at radius 1 is 1.58 bits per heavy atom. The third-order valence-corrected chi connectivity index (χ3v) is 2.72. The first kappa shape index (κ1) is 8.05. The summed E-state index contributed by atoms with van der Waals surface area (Å²) < 4.78 is 0. The maximum atomic E-state index is 11.6. The van der Waals surface area contributed by atoms with Gasteiger partial charge in [0.15, 0.2) is 0 Å². The van der Waals surface area contributed by atoms with Crippen LogP contribution >= 0.6 is 0 Å². The number of rotatable bonds is 2. The summed E-state index contributed by atoms with van der Waals surface area (Å²) in [6.07, 6.45) is 3.44. The van der Waals surface area contributed by atoms with E-state index in [0.29, 0.717) is 12.5 Å². The summed E-state index contributed by atoms with van der Waals surface area (Å²) in [5.74, 6) is 1.01. The van der Waals surface area contributed by atoms with Crippen LogP contribution in [0.15, 0.2) is 0 Å². The minimum Gasteiger partial charge on any atom is -0.272 e. The van der Waals surface area contributed by atoms with Gasteiger partial charge in [-0.15, -0.1) is 0 Å². The number of hydrogen-bond donors (Lipinski definition) is 0. The molecule has 68 valence electrons. The second-order valence-corrected chi connectivity index (χ2v) is 3.75. The minimum absolute atomic E-state index is 0.183. The summed E-state index contributed by atoms with van der Waals surface area (Å²) >= 11 is 0. The highest BCUT2D eigenvalue weighted by atomic mass is 16.7. The zero-order valence-corrected chi connectivity index (χ0v) is 7.45. The van der Waals surface area contributed by atoms with Crippen LogP contribution in [-0.4, -0.2) is 24.1 Å². The number of amides is 1. The van der Waals surface area contributed by atoms with Crippen LogP contribution in [0.25, 0.3) is 0 Å². The number of nitrogens with zero attached hydrogens (tertiary/aromatic N) is 1. The molecule has 2 fully saturated rings. The van der Waals surface area contributed by atoms with Crippen molar-refractivity contribution in [2.75, 3.05) is 13.2 Å². The van der Waals surface area contributed by atoms with Crippen molar-refractivity contribution >= 4 is 5.91 Å². The van der Waals surface area contributed by atoms with Crippen LogP contribution in [0.3, 0.4) is 0 Å². The average Bonchev–Trinajstić information content (AvgIpc) is 2.79. The number of hydrogen-bond acceptors (Lipinski definition) is 2. The lowest BCUT2D eigenvalue weighted by Crippen LogP contribution is -2.32. The SMILES string of the molecule is CC(C(=O)N1CCCO1)C1CC1. The topological polar surface area (TPSA) is 29.5 Å². The minimum atomic E-state index is 0.183. The van der Waals surface area contributed by atoms with Gasteiger partial charge in [0.05, 0.1) is 13.2 Å². The molecule has 3 heteroatoms. The van der Waals surface area contributed by atoms with E-state index in [1.54, 1.807) is 5.06 Å². The molecule has 1 aliphatic carbocycles. The molecule has 1 unspecified atom stereocenters. The summed E-state index contributed by atoms with van der Waals surface area (Å²) in [5, 5.41) is 1.54. The van der Waals surface area contributed by atoms with Gasteiger partial charge in [-0.1, -0.05) is 6.92 Å². The Kier molecular flexibility index (Phi) is 2.05. The van der Waals surface area contributed by atoms with E-state index in [-0.39, 0.29) is 11.8 Å². The smallest absolute Gasteiger partial charge is 0.249 e. The molecule has 0 aromatic rings. The Bertz CT molecular complexity index is 179. The van der Waals surface area contributed by atoms with E-state index in [1.807, 2.05) is 6.92 Å². The van der Waals surface area contributed by atoms with Gasteiger partial charge in [0.1, 0.15) is 0 Å². The monoisotopic (exact) mass is 169 g/mol. The molecule has 0 bridgehead atoms. The summed E-state index contributed by atoms with van der Waals surface area (Å²) in [6, 6.07) is 0. The third kappa shape index (κ3) is 1.46. The first-order chi connectivity index (χ1) is 5.79. The van der Waals surface area contributed by atoms with Crippen molar-refractivity contribution in [1.29, 1.82) is 0 Å². The molecule has 0 N–H and O–H groups in total. The van der Waals surface area contributed by atoms with Crippen molar-refractivity contribution in [3.8, 4) is 0 Å². The van der Waals surface area contributed by atoms with E-state index in [1.165, 1.54) is 12.8 Å². The molecule has 0 aromatic carbocycles. The van der Waals surface area contributed by atoms with Crippen molar-refractivity contribution in [2.45, 2.75) is 26.2 Å². The van der Waals surface area contributed by atoms with Crippen LogP contribution in [0.5, 0.6) is 0 Å². The fourth-order valence-corrected chi connectivity index (χ4v) is 1.65.